The Bertz CT molecular complexity index is 632. The molecule has 2 fully saturated rings. The van der Waals surface area contributed by atoms with Crippen molar-refractivity contribution in [1.82, 2.24) is 9.80 Å². The number of carbonyl (C=O) groups is 2. The number of hydrogen-bond acceptors (Lipinski definition) is 4. The SMILES string of the molecule is COc1ccc(OCCCC(=O)N2CCC(C(=O)N3CCCCC3)CC2)cc1. The largest absolute Gasteiger partial charge is 0.497 e. The molecule has 6 nitrogen and oxygen atoms in total. The van der Waals surface area contributed by atoms with Gasteiger partial charge in [-0.25, -0.2) is 0 Å². The van der Waals surface area contributed by atoms with Crippen LogP contribution in [0.15, 0.2) is 24.3 Å². The van der Waals surface area contributed by atoms with Crippen LogP contribution in [0.5, 0.6) is 11.5 Å². The molecule has 0 unspecified atom stereocenters. The molecule has 1 aromatic carbocycles. The molecule has 0 bridgehead atoms. The van der Waals surface area contributed by atoms with E-state index >= 15 is 0 Å². The van der Waals surface area contributed by atoms with Crippen LogP contribution in [-0.4, -0.2) is 61.5 Å². The van der Waals surface area contributed by atoms with E-state index in [2.05, 4.69) is 0 Å². The predicted octanol–water partition coefficient (Wildman–Crippen LogP) is 3.11. The molecule has 0 atom stereocenters. The van der Waals surface area contributed by atoms with Crippen LogP contribution in [0.1, 0.15) is 44.9 Å². The molecule has 0 N–H and O–H groups in total. The Labute approximate surface area is 167 Å². The van der Waals surface area contributed by atoms with E-state index in [0.717, 1.165) is 50.3 Å². The second-order valence-corrected chi connectivity index (χ2v) is 7.67. The molecular formula is C22H32N2O4. The van der Waals surface area contributed by atoms with Crippen molar-refractivity contribution < 1.29 is 19.1 Å². The number of nitrogens with zero attached hydrogens (tertiary/aromatic N) is 2. The minimum Gasteiger partial charge on any atom is -0.497 e. The fraction of sp³-hybridized carbons (Fsp3) is 0.636. The number of rotatable bonds is 7. The zero-order valence-corrected chi connectivity index (χ0v) is 16.9. The van der Waals surface area contributed by atoms with Crippen molar-refractivity contribution in [2.24, 2.45) is 5.92 Å². The van der Waals surface area contributed by atoms with Gasteiger partial charge in [-0.15, -0.1) is 0 Å². The molecule has 0 spiro atoms. The van der Waals surface area contributed by atoms with Crippen LogP contribution in [0.2, 0.25) is 0 Å². The molecular weight excluding hydrogens is 356 g/mol. The minimum absolute atomic E-state index is 0.0977. The number of methoxy groups -OCH3 is 1. The first-order valence-electron chi connectivity index (χ1n) is 10.5. The van der Waals surface area contributed by atoms with Crippen LogP contribution >= 0.6 is 0 Å². The van der Waals surface area contributed by atoms with Crippen LogP contribution in [0.25, 0.3) is 0 Å². The maximum Gasteiger partial charge on any atom is 0.225 e. The Kier molecular flexibility index (Phi) is 7.57. The van der Waals surface area contributed by atoms with Gasteiger partial charge in [0.2, 0.25) is 11.8 Å². The quantitative estimate of drug-likeness (QED) is 0.674. The first-order chi connectivity index (χ1) is 13.7. The highest BCUT2D eigenvalue weighted by molar-refractivity contribution is 5.80. The number of benzene rings is 1. The average Bonchev–Trinajstić information content (AvgIpc) is 2.77. The van der Waals surface area contributed by atoms with Gasteiger partial charge in [-0.3, -0.25) is 9.59 Å². The zero-order valence-electron chi connectivity index (χ0n) is 16.9. The Morgan fingerprint density at radius 2 is 1.57 bits per heavy atom. The van der Waals surface area contributed by atoms with E-state index < -0.39 is 0 Å². The highest BCUT2D eigenvalue weighted by atomic mass is 16.5. The summed E-state index contributed by atoms with van der Waals surface area (Å²) in [6.45, 7) is 3.73. The summed E-state index contributed by atoms with van der Waals surface area (Å²) in [5.41, 5.74) is 0. The summed E-state index contributed by atoms with van der Waals surface area (Å²) in [5, 5.41) is 0. The average molecular weight is 389 g/mol. The molecule has 2 saturated heterocycles. The van der Waals surface area contributed by atoms with Gasteiger partial charge in [0.1, 0.15) is 11.5 Å². The molecule has 2 amide bonds. The summed E-state index contributed by atoms with van der Waals surface area (Å²) in [5.74, 6) is 2.15. The van der Waals surface area contributed by atoms with Gasteiger partial charge in [-0.2, -0.15) is 0 Å². The standard InChI is InChI=1S/C22H32N2O4/c1-27-19-7-9-20(10-8-19)28-17-5-6-21(25)23-15-11-18(12-16-23)22(26)24-13-3-2-4-14-24/h7-10,18H,2-6,11-17H2,1H3. The summed E-state index contributed by atoms with van der Waals surface area (Å²) in [6, 6.07) is 7.45. The lowest BCUT2D eigenvalue weighted by Gasteiger charge is -2.35. The third-order valence-corrected chi connectivity index (χ3v) is 5.73. The van der Waals surface area contributed by atoms with Gasteiger partial charge in [-0.05, 0) is 62.8 Å². The van der Waals surface area contributed by atoms with Crippen molar-refractivity contribution in [1.29, 1.82) is 0 Å². The molecule has 0 aromatic heterocycles. The van der Waals surface area contributed by atoms with Crippen LogP contribution in [-0.2, 0) is 9.59 Å². The Morgan fingerprint density at radius 3 is 2.21 bits per heavy atom. The molecule has 2 aliphatic rings. The summed E-state index contributed by atoms with van der Waals surface area (Å²) in [7, 11) is 1.63. The van der Waals surface area contributed by atoms with Gasteiger partial charge in [0, 0.05) is 38.5 Å². The van der Waals surface area contributed by atoms with E-state index in [4.69, 9.17) is 9.47 Å². The summed E-state index contributed by atoms with van der Waals surface area (Å²) < 4.78 is 10.8. The molecule has 0 saturated carbocycles. The van der Waals surface area contributed by atoms with Crippen LogP contribution in [0.4, 0.5) is 0 Å². The fourth-order valence-electron chi connectivity index (χ4n) is 3.99. The van der Waals surface area contributed by atoms with Crippen LogP contribution < -0.4 is 9.47 Å². The van der Waals surface area contributed by atoms with E-state index in [1.165, 1.54) is 6.42 Å². The minimum atomic E-state index is 0.0977. The number of piperidine rings is 2. The normalized spacial score (nSPS) is 18.0. The monoisotopic (exact) mass is 388 g/mol. The third kappa shape index (κ3) is 5.63. The van der Waals surface area contributed by atoms with Gasteiger partial charge in [0.15, 0.2) is 0 Å². The molecule has 0 aliphatic carbocycles. The highest BCUT2D eigenvalue weighted by Gasteiger charge is 2.30. The second-order valence-electron chi connectivity index (χ2n) is 7.67. The number of amides is 2. The molecule has 0 radical (unpaired) electrons. The lowest BCUT2D eigenvalue weighted by Crippen LogP contribution is -2.45. The summed E-state index contributed by atoms with van der Waals surface area (Å²) in [4.78, 5) is 29.0. The van der Waals surface area contributed by atoms with Crippen molar-refractivity contribution in [2.45, 2.75) is 44.9 Å². The maximum atomic E-state index is 12.6. The molecule has 154 valence electrons. The smallest absolute Gasteiger partial charge is 0.225 e. The number of carbonyl (C=O) groups excluding carboxylic acids is 2. The summed E-state index contributed by atoms with van der Waals surface area (Å²) >= 11 is 0. The third-order valence-electron chi connectivity index (χ3n) is 5.73. The fourth-order valence-corrected chi connectivity index (χ4v) is 3.99. The van der Waals surface area contributed by atoms with Crippen molar-refractivity contribution >= 4 is 11.8 Å². The van der Waals surface area contributed by atoms with Gasteiger partial charge in [0.05, 0.1) is 13.7 Å². The van der Waals surface area contributed by atoms with Crippen molar-refractivity contribution in [3.8, 4) is 11.5 Å². The molecule has 2 heterocycles. The first-order valence-corrected chi connectivity index (χ1v) is 10.5. The van der Waals surface area contributed by atoms with E-state index in [1.807, 2.05) is 34.1 Å². The molecule has 6 heteroatoms. The van der Waals surface area contributed by atoms with Gasteiger partial charge in [0.25, 0.3) is 0 Å². The lowest BCUT2D eigenvalue weighted by molar-refractivity contribution is -0.141. The van der Waals surface area contributed by atoms with E-state index in [-0.39, 0.29) is 11.8 Å². The van der Waals surface area contributed by atoms with E-state index in [9.17, 15) is 9.59 Å². The van der Waals surface area contributed by atoms with E-state index in [1.54, 1.807) is 7.11 Å². The second kappa shape index (κ2) is 10.3. The Balaban J connectivity index is 1.32. The van der Waals surface area contributed by atoms with Gasteiger partial charge < -0.3 is 19.3 Å². The molecule has 28 heavy (non-hydrogen) atoms. The van der Waals surface area contributed by atoms with Gasteiger partial charge >= 0.3 is 0 Å². The Morgan fingerprint density at radius 1 is 0.929 bits per heavy atom. The van der Waals surface area contributed by atoms with Crippen molar-refractivity contribution in [2.75, 3.05) is 39.9 Å². The number of likely N-dealkylation sites (tertiary alicyclic amines) is 2. The predicted molar refractivity (Wildman–Crippen MR) is 107 cm³/mol. The van der Waals surface area contributed by atoms with Gasteiger partial charge in [-0.1, -0.05) is 0 Å². The molecule has 3 rings (SSSR count). The molecule has 2 aliphatic heterocycles. The lowest BCUT2D eigenvalue weighted by atomic mass is 9.94. The maximum absolute atomic E-state index is 12.6. The van der Waals surface area contributed by atoms with E-state index in [0.29, 0.717) is 38.4 Å². The van der Waals surface area contributed by atoms with Crippen molar-refractivity contribution in [3.05, 3.63) is 24.3 Å². The number of hydrogen-bond donors (Lipinski definition) is 0. The Hall–Kier alpha value is -2.24. The first kappa shape index (κ1) is 20.5. The molecule has 1 aromatic rings. The topological polar surface area (TPSA) is 59.1 Å². The van der Waals surface area contributed by atoms with Crippen LogP contribution in [0.3, 0.4) is 0 Å². The zero-order chi connectivity index (χ0) is 19.8. The highest BCUT2D eigenvalue weighted by Crippen LogP contribution is 2.22. The van der Waals surface area contributed by atoms with Crippen molar-refractivity contribution in [3.63, 3.8) is 0 Å². The number of ether oxygens (including phenoxy) is 2. The van der Waals surface area contributed by atoms with Crippen LogP contribution in [0, 0.1) is 5.92 Å². The summed E-state index contributed by atoms with van der Waals surface area (Å²) in [6.07, 6.45) is 6.26.